The minimum atomic E-state index is -0.620. The maximum atomic E-state index is 12.8. The van der Waals surface area contributed by atoms with Gasteiger partial charge in [0.15, 0.2) is 0 Å². The van der Waals surface area contributed by atoms with E-state index in [0.29, 0.717) is 44.0 Å². The van der Waals surface area contributed by atoms with Gasteiger partial charge in [-0.05, 0) is 49.7 Å². The fourth-order valence-corrected chi connectivity index (χ4v) is 4.51. The quantitative estimate of drug-likeness (QED) is 0.289. The summed E-state index contributed by atoms with van der Waals surface area (Å²) in [7, 11) is 0. The number of rotatable bonds is 8. The van der Waals surface area contributed by atoms with Gasteiger partial charge in [-0.25, -0.2) is 5.48 Å². The summed E-state index contributed by atoms with van der Waals surface area (Å²) >= 11 is 0. The van der Waals surface area contributed by atoms with Crippen LogP contribution in [0.5, 0.6) is 5.75 Å². The maximum Gasteiger partial charge on any atom is 0.251 e. The van der Waals surface area contributed by atoms with Gasteiger partial charge in [0.05, 0.1) is 18.0 Å². The monoisotopic (exact) mass is 478 g/mol. The van der Waals surface area contributed by atoms with Gasteiger partial charge in [0.2, 0.25) is 5.91 Å². The Kier molecular flexibility index (Phi) is 7.91. The number of carbonyl (C=O) groups is 2. The Bertz CT molecular complexity index is 1180. The summed E-state index contributed by atoms with van der Waals surface area (Å²) in [6.07, 6.45) is 0.532. The van der Waals surface area contributed by atoms with Crippen LogP contribution in [0, 0.1) is 12.8 Å². The number of fused-ring (bicyclic) bond motifs is 1. The van der Waals surface area contributed by atoms with Crippen LogP contribution in [-0.2, 0) is 11.4 Å². The van der Waals surface area contributed by atoms with E-state index in [1.165, 1.54) is 0 Å². The van der Waals surface area contributed by atoms with Gasteiger partial charge in [-0.2, -0.15) is 0 Å². The van der Waals surface area contributed by atoms with Crippen molar-refractivity contribution in [2.75, 3.05) is 26.2 Å². The minimum Gasteiger partial charge on any atom is -0.489 e. The predicted molar refractivity (Wildman–Crippen MR) is 130 cm³/mol. The lowest BCUT2D eigenvalue weighted by Gasteiger charge is -2.37. The number of hydrogen-bond acceptors (Lipinski definition) is 7. The van der Waals surface area contributed by atoms with E-state index in [9.17, 15) is 14.7 Å². The number of aryl methyl sites for hydroxylation is 1. The van der Waals surface area contributed by atoms with Crippen molar-refractivity contribution in [3.8, 4) is 5.75 Å². The fraction of sp³-hybridized carbons (Fsp3) is 0.346. The molecule has 0 radical (unpaired) electrons. The van der Waals surface area contributed by atoms with Crippen LogP contribution in [0.4, 0.5) is 0 Å². The first kappa shape index (κ1) is 24.6. The van der Waals surface area contributed by atoms with Crippen LogP contribution in [0.2, 0.25) is 0 Å². The molecule has 0 bridgehead atoms. The number of para-hydroxylation sites is 1. The van der Waals surface area contributed by atoms with Gasteiger partial charge in [0, 0.05) is 47.9 Å². The highest BCUT2D eigenvalue weighted by molar-refractivity contribution is 5.95. The lowest BCUT2D eigenvalue weighted by Crippen LogP contribution is -2.55. The molecule has 2 aromatic carbocycles. The topological polar surface area (TPSA) is 124 Å². The van der Waals surface area contributed by atoms with Gasteiger partial charge >= 0.3 is 0 Å². The fourth-order valence-electron chi connectivity index (χ4n) is 4.51. The molecule has 0 aliphatic carbocycles. The first-order chi connectivity index (χ1) is 17.0. The van der Waals surface area contributed by atoms with Crippen molar-refractivity contribution < 1.29 is 24.6 Å². The molecule has 2 heterocycles. The molecular weight excluding hydrogens is 448 g/mol. The summed E-state index contributed by atoms with van der Waals surface area (Å²) in [6, 6.07) is 16.4. The molecule has 1 aliphatic heterocycles. The predicted octanol–water partition coefficient (Wildman–Crippen LogP) is 2.04. The van der Waals surface area contributed by atoms with Gasteiger partial charge < -0.3 is 20.1 Å². The van der Waals surface area contributed by atoms with Crippen LogP contribution < -0.4 is 15.5 Å². The Morgan fingerprint density at radius 1 is 1.17 bits per heavy atom. The van der Waals surface area contributed by atoms with Crippen molar-refractivity contribution in [2.45, 2.75) is 26.0 Å². The van der Waals surface area contributed by atoms with Gasteiger partial charge in [-0.15, -0.1) is 0 Å². The highest BCUT2D eigenvalue weighted by Crippen LogP contribution is 2.22. The molecule has 1 aromatic heterocycles. The van der Waals surface area contributed by atoms with Crippen LogP contribution in [0.1, 0.15) is 28.0 Å². The Hall–Kier alpha value is -3.53. The molecule has 184 valence electrons. The normalized spacial score (nSPS) is 18.3. The molecule has 1 saturated heterocycles. The van der Waals surface area contributed by atoms with Crippen molar-refractivity contribution in [2.24, 2.45) is 5.92 Å². The third-order valence-electron chi connectivity index (χ3n) is 6.32. The molecule has 0 unspecified atom stereocenters. The highest BCUT2D eigenvalue weighted by atomic mass is 16.5. The number of carbonyl (C=O) groups excluding carboxylic acids is 2. The number of aliphatic hydroxyl groups is 1. The van der Waals surface area contributed by atoms with E-state index < -0.39 is 17.9 Å². The lowest BCUT2D eigenvalue weighted by molar-refractivity contribution is -0.136. The second-order valence-electron chi connectivity index (χ2n) is 8.73. The number of aliphatic hydroxyl groups excluding tert-OH is 1. The van der Waals surface area contributed by atoms with E-state index >= 15 is 0 Å². The van der Waals surface area contributed by atoms with Crippen LogP contribution in [0.15, 0.2) is 54.6 Å². The third kappa shape index (κ3) is 5.94. The van der Waals surface area contributed by atoms with Gasteiger partial charge in [-0.3, -0.25) is 19.8 Å². The molecule has 3 aromatic rings. The van der Waals surface area contributed by atoms with E-state index in [1.54, 1.807) is 29.7 Å². The summed E-state index contributed by atoms with van der Waals surface area (Å²) in [4.78, 5) is 31.5. The molecule has 0 saturated carbocycles. The van der Waals surface area contributed by atoms with Crippen molar-refractivity contribution in [1.29, 1.82) is 0 Å². The largest absolute Gasteiger partial charge is 0.489 e. The summed E-state index contributed by atoms with van der Waals surface area (Å²) in [5.74, 6) is -0.843. The number of nitrogens with zero attached hydrogens (tertiary/aromatic N) is 2. The first-order valence-electron chi connectivity index (χ1n) is 11.6. The van der Waals surface area contributed by atoms with E-state index in [-0.39, 0.29) is 12.5 Å². The van der Waals surface area contributed by atoms with Gasteiger partial charge in [0.1, 0.15) is 12.4 Å². The number of hydrogen-bond donors (Lipinski definition) is 4. The summed E-state index contributed by atoms with van der Waals surface area (Å²) in [5.41, 5.74) is 5.02. The van der Waals surface area contributed by atoms with E-state index in [4.69, 9.17) is 9.94 Å². The number of pyridine rings is 1. The minimum absolute atomic E-state index is 0.0180. The average molecular weight is 479 g/mol. The zero-order valence-corrected chi connectivity index (χ0v) is 19.6. The zero-order chi connectivity index (χ0) is 24.8. The van der Waals surface area contributed by atoms with Crippen molar-refractivity contribution in [3.05, 3.63) is 71.4 Å². The van der Waals surface area contributed by atoms with Crippen LogP contribution in [0.25, 0.3) is 10.9 Å². The zero-order valence-electron chi connectivity index (χ0n) is 19.6. The average Bonchev–Trinajstić information content (AvgIpc) is 2.88. The SMILES string of the molecule is Cc1cc(COc2ccc(C(=O)N[C@@H]3CCN(CCO)C[C@@H]3C(=O)NO)cc2)c2ccccc2n1. The molecule has 4 rings (SSSR count). The standard InChI is InChI=1S/C26H30N4O5/c1-17-14-19(21-4-2-3-5-23(21)27-17)16-35-20-8-6-18(7-9-20)25(32)28-24-10-11-30(12-13-31)15-22(24)26(33)29-34/h2-9,14,22,24,31,34H,10-13,15-16H2,1H3,(H,28,32)(H,29,33)/t22-,24+/m0/s1. The molecular formula is C26H30N4O5. The maximum absolute atomic E-state index is 12.8. The van der Waals surface area contributed by atoms with Crippen LogP contribution in [0.3, 0.4) is 0 Å². The van der Waals surface area contributed by atoms with Crippen molar-refractivity contribution in [1.82, 2.24) is 20.7 Å². The van der Waals surface area contributed by atoms with Crippen molar-refractivity contribution in [3.63, 3.8) is 0 Å². The smallest absolute Gasteiger partial charge is 0.251 e. The third-order valence-corrected chi connectivity index (χ3v) is 6.32. The first-order valence-corrected chi connectivity index (χ1v) is 11.6. The van der Waals surface area contributed by atoms with E-state index in [0.717, 1.165) is 22.2 Å². The number of hydroxylamine groups is 1. The number of nitrogens with one attached hydrogen (secondary N) is 2. The molecule has 1 fully saturated rings. The molecule has 4 N–H and O–H groups in total. The molecule has 35 heavy (non-hydrogen) atoms. The van der Waals surface area contributed by atoms with Crippen LogP contribution in [-0.4, -0.2) is 64.3 Å². The number of piperidine rings is 1. The second-order valence-corrected chi connectivity index (χ2v) is 8.73. The number of likely N-dealkylation sites (tertiary alicyclic amines) is 1. The van der Waals surface area contributed by atoms with Gasteiger partial charge in [0.25, 0.3) is 5.91 Å². The number of aromatic nitrogens is 1. The van der Waals surface area contributed by atoms with Crippen molar-refractivity contribution >= 4 is 22.7 Å². The Balaban J connectivity index is 1.39. The molecule has 9 heteroatoms. The number of β-amino-alcohol motifs (C(OH)–C–C–N with tert-alkyl or cyclic N) is 1. The number of benzene rings is 2. The molecule has 2 atom stereocenters. The molecule has 0 spiro atoms. The van der Waals surface area contributed by atoms with Gasteiger partial charge in [-0.1, -0.05) is 18.2 Å². The summed E-state index contributed by atoms with van der Waals surface area (Å²) in [5, 5.41) is 22.2. The summed E-state index contributed by atoms with van der Waals surface area (Å²) in [6.45, 7) is 3.72. The molecule has 9 nitrogen and oxygen atoms in total. The highest BCUT2D eigenvalue weighted by Gasteiger charge is 2.35. The number of ether oxygens (including phenoxy) is 1. The molecule has 1 aliphatic rings. The molecule has 2 amide bonds. The van der Waals surface area contributed by atoms with E-state index in [1.807, 2.05) is 42.2 Å². The van der Waals surface area contributed by atoms with E-state index in [2.05, 4.69) is 10.3 Å². The second kappa shape index (κ2) is 11.3. The Labute approximate surface area is 203 Å². The lowest BCUT2D eigenvalue weighted by atomic mass is 9.91. The Morgan fingerprint density at radius 2 is 1.94 bits per heavy atom. The number of amides is 2. The summed E-state index contributed by atoms with van der Waals surface area (Å²) < 4.78 is 5.97. The van der Waals surface area contributed by atoms with Crippen LogP contribution >= 0.6 is 0 Å². The Morgan fingerprint density at radius 3 is 2.69 bits per heavy atom.